The molecule has 1 aromatic rings. The molecule has 0 aromatic heterocycles. The van der Waals surface area contributed by atoms with Crippen LogP contribution in [-0.2, 0) is 9.05 Å². The molecule has 11 heavy (non-hydrogen) atoms. The summed E-state index contributed by atoms with van der Waals surface area (Å²) in [6.45, 7) is 0. The van der Waals surface area contributed by atoms with E-state index in [1.807, 2.05) is 7.85 Å². The van der Waals surface area contributed by atoms with Gasteiger partial charge in [0.1, 0.15) is 7.85 Å². The zero-order chi connectivity index (χ0) is 8.48. The number of hydrogen-bond acceptors (Lipinski definition) is 2. The van der Waals surface area contributed by atoms with Gasteiger partial charge in [-0.25, -0.2) is 8.42 Å². The first-order chi connectivity index (χ1) is 5.00. The van der Waals surface area contributed by atoms with Crippen molar-refractivity contribution in [1.82, 2.24) is 0 Å². The van der Waals surface area contributed by atoms with Gasteiger partial charge in [-0.3, -0.25) is 0 Å². The molecule has 0 amide bonds. The lowest BCUT2D eigenvalue weighted by molar-refractivity contribution is 0.609. The Morgan fingerprint density at radius 1 is 1.18 bits per heavy atom. The fraction of sp³-hybridized carbons (Fsp3) is 0. The zero-order valence-corrected chi connectivity index (χ0v) is 7.48. The van der Waals surface area contributed by atoms with E-state index in [1.165, 1.54) is 12.1 Å². The summed E-state index contributed by atoms with van der Waals surface area (Å²) in [5.74, 6) is 0. The van der Waals surface area contributed by atoms with Crippen molar-refractivity contribution >= 4 is 33.0 Å². The van der Waals surface area contributed by atoms with Crippen LogP contribution in [0.4, 0.5) is 0 Å². The highest BCUT2D eigenvalue weighted by Crippen LogP contribution is 2.11. The highest BCUT2D eigenvalue weighted by molar-refractivity contribution is 8.13. The van der Waals surface area contributed by atoms with Crippen LogP contribution < -0.4 is 5.46 Å². The van der Waals surface area contributed by atoms with Crippen molar-refractivity contribution < 1.29 is 8.42 Å². The van der Waals surface area contributed by atoms with Gasteiger partial charge in [-0.15, -0.1) is 0 Å². The summed E-state index contributed by atoms with van der Waals surface area (Å²) >= 11 is 0. The Morgan fingerprint density at radius 2 is 1.64 bits per heavy atom. The Bertz CT molecular complexity index is 343. The average Bonchev–Trinajstić information content (AvgIpc) is 1.86. The largest absolute Gasteiger partial charge is 0.261 e. The monoisotopic (exact) mass is 188 g/mol. The van der Waals surface area contributed by atoms with Crippen molar-refractivity contribution in [3.05, 3.63) is 24.3 Å². The van der Waals surface area contributed by atoms with E-state index in [-0.39, 0.29) is 4.90 Å². The van der Waals surface area contributed by atoms with E-state index in [4.69, 9.17) is 10.7 Å². The molecule has 0 heterocycles. The molecular formula is C6H6BClO2S. The first kappa shape index (κ1) is 8.62. The van der Waals surface area contributed by atoms with Crippen LogP contribution >= 0.6 is 10.7 Å². The highest BCUT2D eigenvalue weighted by atomic mass is 35.7. The van der Waals surface area contributed by atoms with Crippen LogP contribution in [0.3, 0.4) is 0 Å². The minimum Gasteiger partial charge on any atom is -0.207 e. The summed E-state index contributed by atoms with van der Waals surface area (Å²) in [5, 5.41) is 0. The van der Waals surface area contributed by atoms with E-state index in [2.05, 4.69) is 0 Å². The van der Waals surface area contributed by atoms with Crippen molar-refractivity contribution in [3.63, 3.8) is 0 Å². The normalized spacial score (nSPS) is 11.4. The second kappa shape index (κ2) is 2.87. The predicted molar refractivity (Wildman–Crippen MR) is 47.7 cm³/mol. The summed E-state index contributed by atoms with van der Waals surface area (Å²) in [5.41, 5.74) is 1.01. The van der Waals surface area contributed by atoms with Gasteiger partial charge in [0.05, 0.1) is 4.90 Å². The van der Waals surface area contributed by atoms with E-state index in [1.54, 1.807) is 12.1 Å². The Morgan fingerprint density at radius 3 is 2.00 bits per heavy atom. The van der Waals surface area contributed by atoms with Gasteiger partial charge in [0.2, 0.25) is 0 Å². The van der Waals surface area contributed by atoms with Gasteiger partial charge < -0.3 is 0 Å². The molecule has 1 rings (SSSR count). The molecule has 0 bridgehead atoms. The predicted octanol–water partition coefficient (Wildman–Crippen LogP) is -0.127. The minimum absolute atomic E-state index is 0.143. The summed E-state index contributed by atoms with van der Waals surface area (Å²) in [4.78, 5) is 0.143. The summed E-state index contributed by atoms with van der Waals surface area (Å²) in [6, 6.07) is 6.37. The van der Waals surface area contributed by atoms with Crippen LogP contribution in [0.25, 0.3) is 0 Å². The Kier molecular flexibility index (Phi) is 2.25. The lowest BCUT2D eigenvalue weighted by Crippen LogP contribution is -2.01. The Labute approximate surface area is 71.0 Å². The van der Waals surface area contributed by atoms with Gasteiger partial charge >= 0.3 is 0 Å². The fourth-order valence-electron chi connectivity index (χ4n) is 0.701. The molecule has 0 saturated carbocycles. The van der Waals surface area contributed by atoms with Gasteiger partial charge in [-0.05, 0) is 12.1 Å². The third kappa shape index (κ3) is 2.24. The van der Waals surface area contributed by atoms with E-state index in [0.717, 1.165) is 5.46 Å². The quantitative estimate of drug-likeness (QED) is 0.455. The Hall–Kier alpha value is -0.475. The van der Waals surface area contributed by atoms with E-state index in [9.17, 15) is 8.42 Å². The maximum absolute atomic E-state index is 10.7. The van der Waals surface area contributed by atoms with Crippen LogP contribution in [0.1, 0.15) is 0 Å². The molecule has 0 unspecified atom stereocenters. The van der Waals surface area contributed by atoms with Gasteiger partial charge in [0.25, 0.3) is 9.05 Å². The minimum atomic E-state index is -3.55. The molecule has 5 heteroatoms. The van der Waals surface area contributed by atoms with Gasteiger partial charge in [-0.1, -0.05) is 17.6 Å². The average molecular weight is 188 g/mol. The van der Waals surface area contributed by atoms with Crippen molar-refractivity contribution in [2.24, 2.45) is 0 Å². The molecule has 0 N–H and O–H groups in total. The fourth-order valence-corrected chi connectivity index (χ4v) is 1.47. The summed E-state index contributed by atoms with van der Waals surface area (Å²) < 4.78 is 21.4. The van der Waals surface area contributed by atoms with E-state index in [0.29, 0.717) is 0 Å². The van der Waals surface area contributed by atoms with Crippen molar-refractivity contribution in [1.29, 1.82) is 0 Å². The molecule has 0 radical (unpaired) electrons. The first-order valence-corrected chi connectivity index (χ1v) is 5.32. The maximum Gasteiger partial charge on any atom is 0.261 e. The first-order valence-electron chi connectivity index (χ1n) is 3.01. The topological polar surface area (TPSA) is 34.1 Å². The smallest absolute Gasteiger partial charge is 0.207 e. The van der Waals surface area contributed by atoms with Crippen molar-refractivity contribution in [3.8, 4) is 0 Å². The molecule has 2 nitrogen and oxygen atoms in total. The maximum atomic E-state index is 10.7. The molecule has 0 saturated heterocycles. The molecule has 0 aliphatic carbocycles. The molecular weight excluding hydrogens is 182 g/mol. The number of rotatable bonds is 1. The van der Waals surface area contributed by atoms with Gasteiger partial charge in [0, 0.05) is 10.7 Å². The third-order valence-corrected chi connectivity index (χ3v) is 2.67. The second-order valence-electron chi connectivity index (χ2n) is 2.25. The SMILES string of the molecule is Bc1ccc(S(=O)(=O)Cl)cc1. The summed E-state index contributed by atoms with van der Waals surface area (Å²) in [6.07, 6.45) is 0. The molecule has 0 aliphatic rings. The van der Waals surface area contributed by atoms with Crippen LogP contribution in [0, 0.1) is 0 Å². The van der Waals surface area contributed by atoms with Crippen LogP contribution in [-0.4, -0.2) is 16.3 Å². The van der Waals surface area contributed by atoms with Crippen LogP contribution in [0.15, 0.2) is 29.2 Å². The van der Waals surface area contributed by atoms with Crippen molar-refractivity contribution in [2.75, 3.05) is 0 Å². The lowest BCUT2D eigenvalue weighted by Gasteiger charge is -1.94. The third-order valence-electron chi connectivity index (χ3n) is 1.30. The molecule has 1 aromatic carbocycles. The molecule has 0 spiro atoms. The van der Waals surface area contributed by atoms with Gasteiger partial charge in [-0.2, -0.15) is 0 Å². The highest BCUT2D eigenvalue weighted by Gasteiger charge is 2.07. The molecule has 0 fully saturated rings. The molecule has 0 aliphatic heterocycles. The number of hydrogen-bond donors (Lipinski definition) is 0. The van der Waals surface area contributed by atoms with Crippen LogP contribution in [0.2, 0.25) is 0 Å². The molecule has 0 atom stereocenters. The van der Waals surface area contributed by atoms with Crippen molar-refractivity contribution in [2.45, 2.75) is 4.90 Å². The van der Waals surface area contributed by atoms with E-state index >= 15 is 0 Å². The van der Waals surface area contributed by atoms with Gasteiger partial charge in [0.15, 0.2) is 0 Å². The molecule has 58 valence electrons. The summed E-state index contributed by atoms with van der Waals surface area (Å²) in [7, 11) is 3.42. The standard InChI is InChI=1S/C6H6BClO2S/c7-5-1-3-6(4-2-5)11(8,9)10/h1-4H,7H2. The number of benzene rings is 1. The Balaban J connectivity index is 3.20. The second-order valence-corrected chi connectivity index (χ2v) is 4.82. The van der Waals surface area contributed by atoms with Crippen LogP contribution in [0.5, 0.6) is 0 Å². The number of halogens is 1. The zero-order valence-electron chi connectivity index (χ0n) is 5.91. The lowest BCUT2D eigenvalue weighted by atomic mass is 9.97. The van der Waals surface area contributed by atoms with E-state index < -0.39 is 9.05 Å².